The van der Waals surface area contributed by atoms with Gasteiger partial charge in [-0.05, 0) is 12.3 Å². The van der Waals surface area contributed by atoms with Crippen molar-refractivity contribution in [1.29, 1.82) is 0 Å². The summed E-state index contributed by atoms with van der Waals surface area (Å²) in [6, 6.07) is 0. The Morgan fingerprint density at radius 3 is 2.80 bits per heavy atom. The highest BCUT2D eigenvalue weighted by atomic mass is 16.5. The lowest BCUT2D eigenvalue weighted by atomic mass is 10.1. The topological polar surface area (TPSA) is 67.2 Å². The van der Waals surface area contributed by atoms with Crippen LogP contribution >= 0.6 is 0 Å². The van der Waals surface area contributed by atoms with Crippen LogP contribution in [0, 0.1) is 5.92 Å². The Hall–Kier alpha value is -1.52. The molecule has 0 radical (unpaired) electrons. The summed E-state index contributed by atoms with van der Waals surface area (Å²) in [4.78, 5) is 11.8. The second-order valence-corrected chi connectivity index (χ2v) is 4.03. The van der Waals surface area contributed by atoms with Crippen molar-refractivity contribution in [2.24, 2.45) is 5.92 Å². The number of carbonyl (C=O) groups excluding carboxylic acids is 1. The van der Waals surface area contributed by atoms with E-state index in [2.05, 4.69) is 15.8 Å². The predicted octanol–water partition coefficient (Wildman–Crippen LogP) is 1.37. The zero-order chi connectivity index (χ0) is 11.0. The highest BCUT2D eigenvalue weighted by molar-refractivity contribution is 6.01. The molecule has 1 aromatic rings. The van der Waals surface area contributed by atoms with Gasteiger partial charge in [0.25, 0.3) is 5.91 Å². The molecule has 5 nitrogen and oxygen atoms in total. The number of hydrogen-bond acceptors (Lipinski definition) is 4. The summed E-state index contributed by atoms with van der Waals surface area (Å²) < 4.78 is 5.11. The Balaban J connectivity index is 2.34. The van der Waals surface area contributed by atoms with Gasteiger partial charge in [-0.1, -0.05) is 25.9 Å². The first kappa shape index (κ1) is 10.0. The summed E-state index contributed by atoms with van der Waals surface area (Å²) in [6.07, 6.45) is 0.614. The zero-order valence-corrected chi connectivity index (χ0v) is 9.13. The van der Waals surface area contributed by atoms with Gasteiger partial charge in [0.2, 0.25) is 5.88 Å². The third-order valence-corrected chi connectivity index (χ3v) is 2.56. The van der Waals surface area contributed by atoms with Crippen LogP contribution in [0.25, 0.3) is 0 Å². The monoisotopic (exact) mass is 209 g/mol. The second-order valence-electron chi connectivity index (χ2n) is 4.03. The summed E-state index contributed by atoms with van der Waals surface area (Å²) in [5, 5.41) is 9.87. The molecule has 2 N–H and O–H groups in total. The number of hydrogen-bond donors (Lipinski definition) is 2. The molecule has 0 saturated carbocycles. The molecule has 0 spiro atoms. The zero-order valence-electron chi connectivity index (χ0n) is 9.13. The summed E-state index contributed by atoms with van der Waals surface area (Å²) in [5.74, 6) is 0.701. The number of rotatable bonds is 2. The lowest BCUT2D eigenvalue weighted by Gasteiger charge is -2.27. The van der Waals surface area contributed by atoms with E-state index in [4.69, 9.17) is 4.52 Å². The number of fused-ring (bicyclic) bond motifs is 1. The standard InChI is InChI=1S/C10H15N3O2/c1-4-6-7-9(14)11-8(5(2)3)12-10(7)15-13-6/h5,8,12H,4H2,1-3H3,(H,11,14). The Morgan fingerprint density at radius 1 is 1.47 bits per heavy atom. The number of nitrogens with one attached hydrogen (secondary N) is 2. The summed E-state index contributed by atoms with van der Waals surface area (Å²) in [7, 11) is 0. The number of aromatic nitrogens is 1. The molecule has 0 saturated heterocycles. The van der Waals surface area contributed by atoms with E-state index in [0.717, 1.165) is 0 Å². The molecule has 1 aliphatic rings. The van der Waals surface area contributed by atoms with E-state index in [0.29, 0.717) is 29.5 Å². The van der Waals surface area contributed by atoms with Crippen LogP contribution in [0.15, 0.2) is 4.52 Å². The van der Waals surface area contributed by atoms with Crippen molar-refractivity contribution in [2.45, 2.75) is 33.4 Å². The second kappa shape index (κ2) is 3.56. The summed E-state index contributed by atoms with van der Waals surface area (Å²) in [5.41, 5.74) is 1.26. The van der Waals surface area contributed by atoms with Crippen LogP contribution in [0.2, 0.25) is 0 Å². The van der Waals surface area contributed by atoms with E-state index in [9.17, 15) is 4.79 Å². The first-order chi connectivity index (χ1) is 7.13. The fourth-order valence-corrected chi connectivity index (χ4v) is 1.62. The lowest BCUT2D eigenvalue weighted by Crippen LogP contribution is -2.47. The maximum atomic E-state index is 11.8. The van der Waals surface area contributed by atoms with Crippen molar-refractivity contribution >= 4 is 11.8 Å². The molecule has 0 aromatic carbocycles. The Labute approximate surface area is 88.2 Å². The number of carbonyl (C=O) groups is 1. The highest BCUT2D eigenvalue weighted by Gasteiger charge is 2.31. The SMILES string of the molecule is CCc1noc2c1C(=O)NC(C(C)C)N2. The predicted molar refractivity (Wildman–Crippen MR) is 55.6 cm³/mol. The van der Waals surface area contributed by atoms with E-state index >= 15 is 0 Å². The lowest BCUT2D eigenvalue weighted by molar-refractivity contribution is 0.0923. The number of aryl methyl sites for hydroxylation is 1. The highest BCUT2D eigenvalue weighted by Crippen LogP contribution is 2.25. The summed E-state index contributed by atoms with van der Waals surface area (Å²) in [6.45, 7) is 6.00. The molecule has 0 bridgehead atoms. The minimum absolute atomic E-state index is 0.0809. The molecule has 2 rings (SSSR count). The summed E-state index contributed by atoms with van der Waals surface area (Å²) >= 11 is 0. The van der Waals surface area contributed by atoms with Crippen LogP contribution in [-0.4, -0.2) is 17.2 Å². The molecule has 1 atom stereocenters. The van der Waals surface area contributed by atoms with E-state index in [1.165, 1.54) is 0 Å². The van der Waals surface area contributed by atoms with E-state index in [1.54, 1.807) is 0 Å². The number of nitrogens with zero attached hydrogens (tertiary/aromatic N) is 1. The smallest absolute Gasteiger partial charge is 0.260 e. The van der Waals surface area contributed by atoms with Crippen LogP contribution in [-0.2, 0) is 6.42 Å². The van der Waals surface area contributed by atoms with E-state index in [1.807, 2.05) is 20.8 Å². The van der Waals surface area contributed by atoms with Crippen LogP contribution in [0.5, 0.6) is 0 Å². The van der Waals surface area contributed by atoms with Gasteiger partial charge in [0, 0.05) is 0 Å². The molecular formula is C10H15N3O2. The number of amides is 1. The van der Waals surface area contributed by atoms with Crippen LogP contribution in [0.4, 0.5) is 5.88 Å². The van der Waals surface area contributed by atoms with Crippen molar-refractivity contribution in [2.75, 3.05) is 5.32 Å². The molecule has 82 valence electrons. The largest absolute Gasteiger partial charge is 0.338 e. The van der Waals surface area contributed by atoms with Gasteiger partial charge >= 0.3 is 0 Å². The maximum Gasteiger partial charge on any atom is 0.260 e. The van der Waals surface area contributed by atoms with Gasteiger partial charge in [0.1, 0.15) is 11.7 Å². The van der Waals surface area contributed by atoms with Crippen molar-refractivity contribution in [1.82, 2.24) is 10.5 Å². The molecule has 2 heterocycles. The Bertz CT molecular complexity index is 384. The Morgan fingerprint density at radius 2 is 2.20 bits per heavy atom. The molecule has 1 amide bonds. The van der Waals surface area contributed by atoms with Crippen molar-refractivity contribution in [3.05, 3.63) is 11.3 Å². The third-order valence-electron chi connectivity index (χ3n) is 2.56. The molecule has 1 unspecified atom stereocenters. The first-order valence-electron chi connectivity index (χ1n) is 5.19. The van der Waals surface area contributed by atoms with Gasteiger partial charge in [-0.25, -0.2) is 0 Å². The molecule has 0 aliphatic carbocycles. The quantitative estimate of drug-likeness (QED) is 0.772. The molecule has 5 heteroatoms. The molecule has 0 fully saturated rings. The molecule has 1 aliphatic heterocycles. The average Bonchev–Trinajstić information content (AvgIpc) is 2.60. The number of anilines is 1. The maximum absolute atomic E-state index is 11.8. The average molecular weight is 209 g/mol. The van der Waals surface area contributed by atoms with Crippen molar-refractivity contribution in [3.8, 4) is 0 Å². The normalized spacial score (nSPS) is 19.7. The van der Waals surface area contributed by atoms with Crippen LogP contribution < -0.4 is 10.6 Å². The fourth-order valence-electron chi connectivity index (χ4n) is 1.62. The van der Waals surface area contributed by atoms with Gasteiger partial charge in [-0.15, -0.1) is 0 Å². The van der Waals surface area contributed by atoms with Gasteiger partial charge in [-0.3, -0.25) is 4.79 Å². The molecule has 1 aromatic heterocycles. The van der Waals surface area contributed by atoms with E-state index < -0.39 is 0 Å². The van der Waals surface area contributed by atoms with Gasteiger partial charge in [0.15, 0.2) is 0 Å². The third kappa shape index (κ3) is 1.58. The van der Waals surface area contributed by atoms with E-state index in [-0.39, 0.29) is 12.1 Å². The minimum Gasteiger partial charge on any atom is -0.338 e. The molecular weight excluding hydrogens is 194 g/mol. The van der Waals surface area contributed by atoms with Gasteiger partial charge < -0.3 is 15.2 Å². The minimum atomic E-state index is -0.0967. The van der Waals surface area contributed by atoms with Crippen molar-refractivity contribution in [3.63, 3.8) is 0 Å². The van der Waals surface area contributed by atoms with Crippen molar-refractivity contribution < 1.29 is 9.32 Å². The van der Waals surface area contributed by atoms with Gasteiger partial charge in [0.05, 0.1) is 5.69 Å². The molecule has 15 heavy (non-hydrogen) atoms. The van der Waals surface area contributed by atoms with Crippen LogP contribution in [0.3, 0.4) is 0 Å². The first-order valence-corrected chi connectivity index (χ1v) is 5.19. The fraction of sp³-hybridized carbons (Fsp3) is 0.600. The Kier molecular flexibility index (Phi) is 2.38. The van der Waals surface area contributed by atoms with Crippen LogP contribution in [0.1, 0.15) is 36.8 Å². The van der Waals surface area contributed by atoms with Gasteiger partial charge in [-0.2, -0.15) is 0 Å².